The molecule has 0 spiro atoms. The summed E-state index contributed by atoms with van der Waals surface area (Å²) in [5, 5.41) is 6.75. The summed E-state index contributed by atoms with van der Waals surface area (Å²) in [4.78, 5) is 2.33. The van der Waals surface area contributed by atoms with Crippen molar-refractivity contribution in [1.82, 2.24) is 0 Å². The van der Waals surface area contributed by atoms with Crippen LogP contribution in [0.4, 0.5) is 17.1 Å². The van der Waals surface area contributed by atoms with Crippen molar-refractivity contribution in [1.29, 1.82) is 0 Å². The van der Waals surface area contributed by atoms with Gasteiger partial charge in [0.2, 0.25) is 0 Å². The second-order valence-electron chi connectivity index (χ2n) is 14.1. The summed E-state index contributed by atoms with van der Waals surface area (Å²) >= 11 is 0. The van der Waals surface area contributed by atoms with Crippen LogP contribution in [0.1, 0.15) is 0 Å². The van der Waals surface area contributed by atoms with Gasteiger partial charge in [-0.15, -0.1) is 0 Å². The molecule has 0 bridgehead atoms. The fourth-order valence-electron chi connectivity index (χ4n) is 8.22. The maximum absolute atomic E-state index is 6.77. The first-order chi connectivity index (χ1) is 27.3. The highest BCUT2D eigenvalue weighted by Crippen LogP contribution is 2.47. The Labute approximate surface area is 317 Å². The van der Waals surface area contributed by atoms with Crippen LogP contribution in [0.2, 0.25) is 0 Å². The fourth-order valence-corrected chi connectivity index (χ4v) is 8.22. The van der Waals surface area contributed by atoms with Gasteiger partial charge in [-0.05, 0) is 81.6 Å². The molecule has 0 aliphatic rings. The first-order valence-electron chi connectivity index (χ1n) is 18.7. The topological polar surface area (TPSA) is 29.5 Å². The van der Waals surface area contributed by atoms with Crippen molar-refractivity contribution in [2.75, 3.05) is 4.90 Å². The van der Waals surface area contributed by atoms with E-state index in [9.17, 15) is 0 Å². The number of hydrogen-bond donors (Lipinski definition) is 0. The second-order valence-corrected chi connectivity index (χ2v) is 14.1. The van der Waals surface area contributed by atoms with Crippen molar-refractivity contribution in [3.05, 3.63) is 200 Å². The summed E-state index contributed by atoms with van der Waals surface area (Å²) < 4.78 is 13.5. The van der Waals surface area contributed by atoms with Gasteiger partial charge in [0.05, 0.1) is 11.4 Å². The average molecular weight is 704 g/mol. The minimum Gasteiger partial charge on any atom is -0.455 e. The molecule has 0 radical (unpaired) electrons. The minimum atomic E-state index is 0.840. The summed E-state index contributed by atoms with van der Waals surface area (Å²) in [6.45, 7) is 0. The Hall–Kier alpha value is -7.36. The maximum Gasteiger partial charge on any atom is 0.159 e. The molecule has 0 saturated carbocycles. The summed E-state index contributed by atoms with van der Waals surface area (Å²) in [6, 6.07) is 70.8. The van der Waals surface area contributed by atoms with Crippen molar-refractivity contribution in [2.45, 2.75) is 0 Å². The third-order valence-electron chi connectivity index (χ3n) is 10.9. The van der Waals surface area contributed by atoms with Gasteiger partial charge in [0.1, 0.15) is 16.7 Å². The van der Waals surface area contributed by atoms with Crippen LogP contribution < -0.4 is 4.90 Å². The standard InChI is InChI=1S/C52H33NO2/c1-2-13-34(14-3-1)36-17-10-18-37(31-36)35-27-29-40(30-28-35)53(48-25-12-23-44-42-20-7-9-26-49(42)54-52(44)48)47-24-8-6-19-41(47)43-21-11-22-45-46-32-38-15-4-5-16-39(38)33-50(46)55-51(43)45/h1-33H. The number of fused-ring (bicyclic) bond motifs is 7. The minimum absolute atomic E-state index is 0.840. The molecule has 0 aliphatic carbocycles. The van der Waals surface area contributed by atoms with E-state index in [-0.39, 0.29) is 0 Å². The third-order valence-corrected chi connectivity index (χ3v) is 10.9. The van der Waals surface area contributed by atoms with Crippen LogP contribution in [0.15, 0.2) is 209 Å². The number of rotatable bonds is 6. The van der Waals surface area contributed by atoms with Crippen molar-refractivity contribution < 1.29 is 8.83 Å². The van der Waals surface area contributed by atoms with Crippen LogP contribution in [0.3, 0.4) is 0 Å². The van der Waals surface area contributed by atoms with E-state index in [4.69, 9.17) is 8.83 Å². The lowest BCUT2D eigenvalue weighted by Crippen LogP contribution is -2.11. The third kappa shape index (κ3) is 5.20. The summed E-state index contributed by atoms with van der Waals surface area (Å²) in [5.41, 5.74) is 13.3. The van der Waals surface area contributed by atoms with E-state index in [1.54, 1.807) is 0 Å². The van der Waals surface area contributed by atoms with Gasteiger partial charge in [-0.1, -0.05) is 152 Å². The second kappa shape index (κ2) is 12.6. The van der Waals surface area contributed by atoms with E-state index >= 15 is 0 Å². The highest BCUT2D eigenvalue weighted by atomic mass is 16.3. The van der Waals surface area contributed by atoms with Crippen LogP contribution in [-0.4, -0.2) is 0 Å². The van der Waals surface area contributed by atoms with Crippen molar-refractivity contribution in [3.63, 3.8) is 0 Å². The zero-order chi connectivity index (χ0) is 36.3. The first-order valence-corrected chi connectivity index (χ1v) is 18.7. The molecule has 0 atom stereocenters. The summed E-state index contributed by atoms with van der Waals surface area (Å²) in [5.74, 6) is 0. The number of nitrogens with zero attached hydrogens (tertiary/aromatic N) is 1. The van der Waals surface area contributed by atoms with Crippen LogP contribution in [0.5, 0.6) is 0 Å². The van der Waals surface area contributed by atoms with E-state index in [2.05, 4.69) is 193 Å². The Kier molecular flexibility index (Phi) is 7.17. The average Bonchev–Trinajstić information content (AvgIpc) is 3.82. The molecule has 0 saturated heterocycles. The quantitative estimate of drug-likeness (QED) is 0.173. The zero-order valence-corrected chi connectivity index (χ0v) is 29.8. The highest BCUT2D eigenvalue weighted by molar-refractivity contribution is 6.15. The lowest BCUT2D eigenvalue weighted by molar-refractivity contribution is 0.669. The summed E-state index contributed by atoms with van der Waals surface area (Å²) in [6.07, 6.45) is 0. The number of para-hydroxylation sites is 4. The van der Waals surface area contributed by atoms with E-state index < -0.39 is 0 Å². The van der Waals surface area contributed by atoms with Crippen LogP contribution in [0.25, 0.3) is 88.0 Å². The molecule has 55 heavy (non-hydrogen) atoms. The molecule has 9 aromatic carbocycles. The largest absolute Gasteiger partial charge is 0.455 e. The van der Waals surface area contributed by atoms with Crippen LogP contribution in [-0.2, 0) is 0 Å². The SMILES string of the molecule is c1ccc(-c2cccc(-c3ccc(N(c4ccccc4-c4cccc5c4oc4cc6ccccc6cc45)c4cccc5c4oc4ccccc45)cc3)c2)cc1. The molecule has 3 heteroatoms. The Morgan fingerprint density at radius 3 is 1.71 bits per heavy atom. The van der Waals surface area contributed by atoms with Crippen LogP contribution >= 0.6 is 0 Å². The van der Waals surface area contributed by atoms with Gasteiger partial charge in [0, 0.05) is 38.4 Å². The molecule has 0 unspecified atom stereocenters. The molecule has 11 rings (SSSR count). The Morgan fingerprint density at radius 1 is 0.309 bits per heavy atom. The molecule has 0 aliphatic heterocycles. The van der Waals surface area contributed by atoms with Gasteiger partial charge in [0.25, 0.3) is 0 Å². The molecule has 258 valence electrons. The molecule has 0 N–H and O–H groups in total. The predicted octanol–water partition coefficient (Wildman–Crippen LogP) is 15.1. The van der Waals surface area contributed by atoms with E-state index in [0.717, 1.165) is 83.0 Å². The van der Waals surface area contributed by atoms with E-state index in [1.807, 2.05) is 12.1 Å². The van der Waals surface area contributed by atoms with Gasteiger partial charge in [-0.3, -0.25) is 0 Å². The van der Waals surface area contributed by atoms with E-state index in [0.29, 0.717) is 0 Å². The number of benzene rings is 9. The Balaban J connectivity index is 1.11. The molecular formula is C52H33NO2. The normalized spacial score (nSPS) is 11.6. The number of hydrogen-bond acceptors (Lipinski definition) is 3. The van der Waals surface area contributed by atoms with Crippen molar-refractivity contribution >= 4 is 71.7 Å². The van der Waals surface area contributed by atoms with Gasteiger partial charge in [-0.25, -0.2) is 0 Å². The smallest absolute Gasteiger partial charge is 0.159 e. The summed E-state index contributed by atoms with van der Waals surface area (Å²) in [7, 11) is 0. The number of anilines is 3. The Morgan fingerprint density at radius 2 is 0.873 bits per heavy atom. The maximum atomic E-state index is 6.77. The van der Waals surface area contributed by atoms with Gasteiger partial charge >= 0.3 is 0 Å². The van der Waals surface area contributed by atoms with Gasteiger partial charge in [0.15, 0.2) is 5.58 Å². The molecule has 2 heterocycles. The molecule has 0 fully saturated rings. The van der Waals surface area contributed by atoms with Gasteiger partial charge < -0.3 is 13.7 Å². The molecule has 0 amide bonds. The molecule has 11 aromatic rings. The molecule has 3 nitrogen and oxygen atoms in total. The van der Waals surface area contributed by atoms with Crippen LogP contribution in [0, 0.1) is 0 Å². The monoisotopic (exact) mass is 703 g/mol. The fraction of sp³-hybridized carbons (Fsp3) is 0. The first kappa shape index (κ1) is 31.2. The van der Waals surface area contributed by atoms with Gasteiger partial charge in [-0.2, -0.15) is 0 Å². The lowest BCUT2D eigenvalue weighted by Gasteiger charge is -2.28. The van der Waals surface area contributed by atoms with Crippen molar-refractivity contribution in [3.8, 4) is 33.4 Å². The predicted molar refractivity (Wildman–Crippen MR) is 229 cm³/mol. The molecular weight excluding hydrogens is 671 g/mol. The number of furan rings is 2. The lowest BCUT2D eigenvalue weighted by atomic mass is 9.97. The Bertz CT molecular complexity index is 3210. The highest BCUT2D eigenvalue weighted by Gasteiger charge is 2.23. The molecule has 2 aromatic heterocycles. The van der Waals surface area contributed by atoms with E-state index in [1.165, 1.54) is 22.1 Å². The zero-order valence-electron chi connectivity index (χ0n) is 29.8. The van der Waals surface area contributed by atoms with Crippen molar-refractivity contribution in [2.24, 2.45) is 0 Å².